The van der Waals surface area contributed by atoms with Crippen molar-refractivity contribution >= 4 is 40.4 Å². The van der Waals surface area contributed by atoms with Crippen LogP contribution in [-0.2, 0) is 35.5 Å². The second kappa shape index (κ2) is 12.8. The van der Waals surface area contributed by atoms with E-state index in [1.54, 1.807) is 27.8 Å². The van der Waals surface area contributed by atoms with Crippen LogP contribution in [0.3, 0.4) is 0 Å². The molecule has 0 aliphatic carbocycles. The summed E-state index contributed by atoms with van der Waals surface area (Å²) in [6, 6.07) is 17.7. The summed E-state index contributed by atoms with van der Waals surface area (Å²) in [6.07, 6.45) is 2.66. The summed E-state index contributed by atoms with van der Waals surface area (Å²) in [7, 11) is 0. The lowest BCUT2D eigenvalue weighted by Gasteiger charge is -2.35. The van der Waals surface area contributed by atoms with E-state index in [0.717, 1.165) is 56.9 Å². The maximum Gasteiger partial charge on any atom is 0.255 e. The Morgan fingerprint density at radius 3 is 2.55 bits per heavy atom. The van der Waals surface area contributed by atoms with Gasteiger partial charge in [-0.25, -0.2) is 0 Å². The molecule has 0 bridgehead atoms. The van der Waals surface area contributed by atoms with Gasteiger partial charge in [-0.15, -0.1) is 16.5 Å². The van der Waals surface area contributed by atoms with Crippen molar-refractivity contribution in [2.45, 2.75) is 64.4 Å². The standard InChI is InChI=1S/C36H36N6O4S/c1-21(2)33(42-18-24-8-3-5-9-26(24)35(42)45)36(46)41-19-25(43)15-30(41)34(44)38-16-23-12-13-27(31-17-37-20-47-31)28-14-11-22-7-4-6-10-29(22)39-40-32(23)28/h3-10,12-13,17,20-21,25,30,33,43H,11,14-16,18-19H2,1-2H3,(H,38,44)/b40-39-/t25-,30+,33+/m1/s1. The lowest BCUT2D eigenvalue weighted by atomic mass is 9.93. The van der Waals surface area contributed by atoms with Gasteiger partial charge in [0.2, 0.25) is 11.8 Å². The molecule has 47 heavy (non-hydrogen) atoms. The fraction of sp³-hybridized carbons (Fsp3) is 0.333. The Balaban J connectivity index is 1.13. The molecule has 10 nitrogen and oxygen atoms in total. The number of aliphatic hydroxyl groups is 1. The van der Waals surface area contributed by atoms with E-state index >= 15 is 0 Å². The molecular weight excluding hydrogens is 613 g/mol. The van der Waals surface area contributed by atoms with Crippen LogP contribution >= 0.6 is 11.3 Å². The summed E-state index contributed by atoms with van der Waals surface area (Å²) in [4.78, 5) is 49.6. The molecule has 0 radical (unpaired) electrons. The maximum atomic E-state index is 14.1. The van der Waals surface area contributed by atoms with Crippen molar-refractivity contribution in [1.29, 1.82) is 0 Å². The number of nitrogens with one attached hydrogen (secondary N) is 1. The quantitative estimate of drug-likeness (QED) is 0.270. The van der Waals surface area contributed by atoms with Crippen molar-refractivity contribution < 1.29 is 19.5 Å². The predicted octanol–water partition coefficient (Wildman–Crippen LogP) is 5.58. The minimum absolute atomic E-state index is 0.0294. The number of hydrogen-bond acceptors (Lipinski definition) is 8. The van der Waals surface area contributed by atoms with Crippen LogP contribution in [0.25, 0.3) is 10.4 Å². The van der Waals surface area contributed by atoms with Gasteiger partial charge in [0, 0.05) is 37.8 Å². The number of fused-ring (bicyclic) bond motifs is 3. The average molecular weight is 649 g/mol. The first-order valence-electron chi connectivity index (χ1n) is 16.0. The lowest BCUT2D eigenvalue weighted by molar-refractivity contribution is -0.143. The van der Waals surface area contributed by atoms with Crippen LogP contribution in [-0.4, -0.2) is 62.3 Å². The number of β-amino-alcohol motifs (C(OH)–C–C–N with tert-alkyl or cyclic N) is 1. The first-order chi connectivity index (χ1) is 22.8. The number of azo groups is 1. The van der Waals surface area contributed by atoms with E-state index in [1.807, 2.05) is 68.6 Å². The minimum Gasteiger partial charge on any atom is -0.391 e. The van der Waals surface area contributed by atoms with Crippen molar-refractivity contribution in [3.8, 4) is 10.4 Å². The zero-order valence-electron chi connectivity index (χ0n) is 26.3. The number of carbonyl (C=O) groups is 3. The van der Waals surface area contributed by atoms with Gasteiger partial charge in [0.15, 0.2) is 0 Å². The molecule has 1 fully saturated rings. The molecule has 3 aliphatic rings. The summed E-state index contributed by atoms with van der Waals surface area (Å²) in [5.41, 5.74) is 8.85. The largest absolute Gasteiger partial charge is 0.391 e. The van der Waals surface area contributed by atoms with Gasteiger partial charge in [0.25, 0.3) is 5.91 Å². The number of amides is 3. The third kappa shape index (κ3) is 5.85. The van der Waals surface area contributed by atoms with Gasteiger partial charge >= 0.3 is 0 Å². The molecule has 4 aromatic rings. The SMILES string of the molecule is CC(C)[C@@H](C(=O)N1C[C@H](O)C[C@H]1C(=O)NCc1ccc(-c2cncs2)c2c1/N=N\c1ccccc1CC2)N1Cc2ccccc2C1=O. The Hall–Kier alpha value is -4.74. The van der Waals surface area contributed by atoms with Crippen molar-refractivity contribution in [2.75, 3.05) is 6.54 Å². The topological polar surface area (TPSA) is 128 Å². The number of aromatic nitrogens is 1. The van der Waals surface area contributed by atoms with E-state index < -0.39 is 18.2 Å². The molecule has 240 valence electrons. The van der Waals surface area contributed by atoms with Gasteiger partial charge in [-0.3, -0.25) is 19.4 Å². The Morgan fingerprint density at radius 2 is 1.79 bits per heavy atom. The van der Waals surface area contributed by atoms with Gasteiger partial charge in [0.1, 0.15) is 12.1 Å². The van der Waals surface area contributed by atoms with Crippen molar-refractivity contribution in [3.63, 3.8) is 0 Å². The molecule has 3 aromatic carbocycles. The molecular formula is C36H36N6O4S. The van der Waals surface area contributed by atoms with Crippen LogP contribution in [0.4, 0.5) is 11.4 Å². The molecule has 2 N–H and O–H groups in total. The van der Waals surface area contributed by atoms with Gasteiger partial charge in [-0.1, -0.05) is 62.4 Å². The van der Waals surface area contributed by atoms with E-state index in [0.29, 0.717) is 12.1 Å². The van der Waals surface area contributed by atoms with E-state index in [9.17, 15) is 19.5 Å². The number of aliphatic hydroxyl groups excluding tert-OH is 1. The summed E-state index contributed by atoms with van der Waals surface area (Å²) >= 11 is 1.56. The molecule has 0 unspecified atom stereocenters. The fourth-order valence-electron chi connectivity index (χ4n) is 7.02. The van der Waals surface area contributed by atoms with Crippen molar-refractivity contribution in [2.24, 2.45) is 16.1 Å². The predicted molar refractivity (Wildman–Crippen MR) is 178 cm³/mol. The second-order valence-electron chi connectivity index (χ2n) is 12.7. The van der Waals surface area contributed by atoms with Crippen molar-refractivity contribution in [3.05, 3.63) is 100 Å². The first-order valence-corrected chi connectivity index (χ1v) is 16.9. The number of benzene rings is 3. The van der Waals surface area contributed by atoms with E-state index in [4.69, 9.17) is 5.11 Å². The molecule has 3 atom stereocenters. The Bertz CT molecular complexity index is 1870. The monoisotopic (exact) mass is 648 g/mol. The van der Waals surface area contributed by atoms with Gasteiger partial charge in [-0.2, -0.15) is 5.11 Å². The molecule has 11 heteroatoms. The van der Waals surface area contributed by atoms with Gasteiger partial charge < -0.3 is 20.2 Å². The summed E-state index contributed by atoms with van der Waals surface area (Å²) in [5.74, 6) is -1.08. The summed E-state index contributed by atoms with van der Waals surface area (Å²) in [6.45, 7) is 4.33. The molecule has 4 heterocycles. The van der Waals surface area contributed by atoms with E-state index in [2.05, 4.69) is 21.5 Å². The maximum absolute atomic E-state index is 14.1. The highest BCUT2D eigenvalue weighted by Gasteiger charge is 2.45. The highest BCUT2D eigenvalue weighted by molar-refractivity contribution is 7.13. The number of carbonyl (C=O) groups excluding carboxylic acids is 3. The molecule has 3 amide bonds. The zero-order chi connectivity index (χ0) is 32.7. The third-order valence-electron chi connectivity index (χ3n) is 9.35. The molecule has 0 saturated carbocycles. The highest BCUT2D eigenvalue weighted by Crippen LogP contribution is 2.40. The van der Waals surface area contributed by atoms with E-state index in [1.165, 1.54) is 4.90 Å². The number of nitrogens with zero attached hydrogens (tertiary/aromatic N) is 5. The number of rotatable bonds is 7. The first kappa shape index (κ1) is 30.9. The van der Waals surface area contributed by atoms with Crippen LogP contribution < -0.4 is 5.32 Å². The number of thiazole rings is 1. The van der Waals surface area contributed by atoms with Crippen LogP contribution in [0.15, 0.2) is 82.6 Å². The molecule has 1 saturated heterocycles. The lowest BCUT2D eigenvalue weighted by Crippen LogP contribution is -2.55. The van der Waals surface area contributed by atoms with Crippen LogP contribution in [0.5, 0.6) is 0 Å². The summed E-state index contributed by atoms with van der Waals surface area (Å²) < 4.78 is 0. The molecule has 7 rings (SSSR count). The van der Waals surface area contributed by atoms with Crippen molar-refractivity contribution in [1.82, 2.24) is 20.1 Å². The number of aryl methyl sites for hydroxylation is 1. The molecule has 3 aliphatic heterocycles. The Kier molecular flexibility index (Phi) is 8.42. The van der Waals surface area contributed by atoms with Crippen LogP contribution in [0.2, 0.25) is 0 Å². The zero-order valence-corrected chi connectivity index (χ0v) is 27.1. The van der Waals surface area contributed by atoms with Crippen LogP contribution in [0, 0.1) is 5.92 Å². The molecule has 0 spiro atoms. The Labute approximate surface area is 277 Å². The minimum atomic E-state index is -0.870. The smallest absolute Gasteiger partial charge is 0.255 e. The summed E-state index contributed by atoms with van der Waals surface area (Å²) in [5, 5.41) is 23.0. The number of hydrogen-bond donors (Lipinski definition) is 2. The fourth-order valence-corrected chi connectivity index (χ4v) is 7.70. The average Bonchev–Trinajstić information content (AvgIpc) is 3.81. The van der Waals surface area contributed by atoms with E-state index in [-0.39, 0.29) is 43.1 Å². The van der Waals surface area contributed by atoms with Gasteiger partial charge in [0.05, 0.1) is 27.9 Å². The molecule has 1 aromatic heterocycles. The van der Waals surface area contributed by atoms with Crippen LogP contribution in [0.1, 0.15) is 52.9 Å². The number of likely N-dealkylation sites (tertiary alicyclic amines) is 1. The third-order valence-corrected chi connectivity index (χ3v) is 10.2. The second-order valence-corrected chi connectivity index (χ2v) is 13.6. The normalized spacial score (nSPS) is 19.9. The Morgan fingerprint density at radius 1 is 1.00 bits per heavy atom. The highest BCUT2D eigenvalue weighted by atomic mass is 32.1. The van der Waals surface area contributed by atoms with Gasteiger partial charge in [-0.05, 0) is 58.7 Å².